The Hall–Kier alpha value is -0.0800. The van der Waals surface area contributed by atoms with Gasteiger partial charge in [-0.3, -0.25) is 0 Å². The summed E-state index contributed by atoms with van der Waals surface area (Å²) in [4.78, 5) is 2.69. The third kappa shape index (κ3) is 4.55. The smallest absolute Gasteiger partial charge is 0.00696 e. The van der Waals surface area contributed by atoms with E-state index >= 15 is 0 Å². The van der Waals surface area contributed by atoms with Gasteiger partial charge in [0.15, 0.2) is 0 Å². The quantitative estimate of drug-likeness (QED) is 0.754. The van der Waals surface area contributed by atoms with Crippen LogP contribution in [0.4, 0.5) is 0 Å². The molecule has 0 amide bonds. The van der Waals surface area contributed by atoms with Gasteiger partial charge in [0.25, 0.3) is 0 Å². The molecule has 2 aliphatic rings. The standard InChI is InChI=1S/C16H32N2/c1-14-7-5-9-16(13-14)17-10-6-12-18-11-4-3-8-15(18)2/h14-17H,3-13H2,1-2H3. The molecule has 2 rings (SSSR count). The Morgan fingerprint density at radius 3 is 2.72 bits per heavy atom. The van der Waals surface area contributed by atoms with Gasteiger partial charge in [-0.15, -0.1) is 0 Å². The molecule has 3 atom stereocenters. The van der Waals surface area contributed by atoms with Gasteiger partial charge in [0, 0.05) is 12.1 Å². The van der Waals surface area contributed by atoms with Crippen molar-refractivity contribution in [1.82, 2.24) is 10.2 Å². The van der Waals surface area contributed by atoms with Crippen molar-refractivity contribution >= 4 is 0 Å². The molecular weight excluding hydrogens is 220 g/mol. The first-order valence-electron chi connectivity index (χ1n) is 8.23. The highest BCUT2D eigenvalue weighted by atomic mass is 15.2. The lowest BCUT2D eigenvalue weighted by molar-refractivity contribution is 0.157. The first kappa shape index (κ1) is 14.3. The summed E-state index contributed by atoms with van der Waals surface area (Å²) in [5.74, 6) is 0.943. The van der Waals surface area contributed by atoms with Crippen molar-refractivity contribution < 1.29 is 0 Å². The number of rotatable bonds is 5. The molecule has 0 spiro atoms. The molecule has 0 aromatic rings. The predicted octanol–water partition coefficient (Wildman–Crippen LogP) is 3.42. The molecule has 0 aromatic heterocycles. The Bertz CT molecular complexity index is 229. The Morgan fingerprint density at radius 1 is 1.06 bits per heavy atom. The maximum atomic E-state index is 3.78. The minimum absolute atomic E-state index is 0.813. The average Bonchev–Trinajstić information content (AvgIpc) is 2.37. The lowest BCUT2D eigenvalue weighted by Gasteiger charge is -2.33. The number of hydrogen-bond acceptors (Lipinski definition) is 2. The second kappa shape index (κ2) is 7.49. The summed E-state index contributed by atoms with van der Waals surface area (Å²) < 4.78 is 0. The molecule has 2 nitrogen and oxygen atoms in total. The fourth-order valence-corrected chi connectivity index (χ4v) is 3.70. The highest BCUT2D eigenvalue weighted by Gasteiger charge is 2.19. The van der Waals surface area contributed by atoms with Crippen LogP contribution in [0.2, 0.25) is 0 Å². The Kier molecular flexibility index (Phi) is 5.97. The second-order valence-corrected chi connectivity index (χ2v) is 6.66. The molecule has 18 heavy (non-hydrogen) atoms. The lowest BCUT2D eigenvalue weighted by atomic mass is 9.87. The maximum absolute atomic E-state index is 3.78. The number of piperidine rings is 1. The molecule has 1 heterocycles. The summed E-state index contributed by atoms with van der Waals surface area (Å²) in [7, 11) is 0. The summed E-state index contributed by atoms with van der Waals surface area (Å²) in [6, 6.07) is 1.64. The van der Waals surface area contributed by atoms with E-state index in [2.05, 4.69) is 24.1 Å². The first-order chi connectivity index (χ1) is 8.75. The molecule has 2 heteroatoms. The lowest BCUT2D eigenvalue weighted by Crippen LogP contribution is -2.40. The molecule has 1 saturated heterocycles. The molecule has 1 N–H and O–H groups in total. The number of nitrogens with zero attached hydrogens (tertiary/aromatic N) is 1. The van der Waals surface area contributed by atoms with Crippen molar-refractivity contribution in [2.24, 2.45) is 5.92 Å². The average molecular weight is 252 g/mol. The van der Waals surface area contributed by atoms with Gasteiger partial charge in [0.05, 0.1) is 0 Å². The van der Waals surface area contributed by atoms with E-state index in [0.29, 0.717) is 0 Å². The molecular formula is C16H32N2. The molecule has 0 radical (unpaired) electrons. The van der Waals surface area contributed by atoms with Crippen molar-refractivity contribution in [2.75, 3.05) is 19.6 Å². The van der Waals surface area contributed by atoms with E-state index in [9.17, 15) is 0 Å². The van der Waals surface area contributed by atoms with Crippen molar-refractivity contribution in [3.8, 4) is 0 Å². The first-order valence-corrected chi connectivity index (χ1v) is 8.23. The minimum atomic E-state index is 0.813. The SMILES string of the molecule is CC1CCCC(NCCCN2CCCCC2C)C1. The van der Waals surface area contributed by atoms with Crippen LogP contribution in [0.15, 0.2) is 0 Å². The van der Waals surface area contributed by atoms with Crippen LogP contribution in [-0.4, -0.2) is 36.6 Å². The van der Waals surface area contributed by atoms with Crippen LogP contribution < -0.4 is 5.32 Å². The number of nitrogens with one attached hydrogen (secondary N) is 1. The third-order valence-corrected chi connectivity index (χ3v) is 4.93. The van der Waals surface area contributed by atoms with Crippen LogP contribution in [-0.2, 0) is 0 Å². The topological polar surface area (TPSA) is 15.3 Å². The van der Waals surface area contributed by atoms with E-state index in [1.54, 1.807) is 0 Å². The third-order valence-electron chi connectivity index (χ3n) is 4.93. The number of likely N-dealkylation sites (tertiary alicyclic amines) is 1. The van der Waals surface area contributed by atoms with Crippen molar-refractivity contribution in [3.63, 3.8) is 0 Å². The van der Waals surface area contributed by atoms with E-state index in [0.717, 1.165) is 18.0 Å². The van der Waals surface area contributed by atoms with E-state index in [4.69, 9.17) is 0 Å². The molecule has 1 aliphatic carbocycles. The predicted molar refractivity (Wildman–Crippen MR) is 78.9 cm³/mol. The molecule has 1 saturated carbocycles. The van der Waals surface area contributed by atoms with Crippen molar-refractivity contribution in [2.45, 2.75) is 77.3 Å². The molecule has 0 bridgehead atoms. The van der Waals surface area contributed by atoms with Gasteiger partial charge in [-0.1, -0.05) is 26.2 Å². The van der Waals surface area contributed by atoms with Gasteiger partial charge >= 0.3 is 0 Å². The van der Waals surface area contributed by atoms with E-state index < -0.39 is 0 Å². The summed E-state index contributed by atoms with van der Waals surface area (Å²) >= 11 is 0. The van der Waals surface area contributed by atoms with E-state index in [-0.39, 0.29) is 0 Å². The van der Waals surface area contributed by atoms with Crippen LogP contribution in [0, 0.1) is 5.92 Å². The van der Waals surface area contributed by atoms with Gasteiger partial charge < -0.3 is 10.2 Å². The maximum Gasteiger partial charge on any atom is 0.00696 e. The Labute approximate surface area is 114 Å². The van der Waals surface area contributed by atoms with Gasteiger partial charge in [-0.05, 0) is 64.6 Å². The second-order valence-electron chi connectivity index (χ2n) is 6.66. The molecule has 1 aliphatic heterocycles. The van der Waals surface area contributed by atoms with Gasteiger partial charge in [0.2, 0.25) is 0 Å². The van der Waals surface area contributed by atoms with Crippen molar-refractivity contribution in [3.05, 3.63) is 0 Å². The summed E-state index contributed by atoms with van der Waals surface area (Å²) in [5.41, 5.74) is 0. The minimum Gasteiger partial charge on any atom is -0.314 e. The van der Waals surface area contributed by atoms with Crippen LogP contribution in [0.25, 0.3) is 0 Å². The zero-order valence-electron chi connectivity index (χ0n) is 12.5. The van der Waals surface area contributed by atoms with Gasteiger partial charge in [-0.25, -0.2) is 0 Å². The van der Waals surface area contributed by atoms with E-state index in [1.165, 1.54) is 71.0 Å². The summed E-state index contributed by atoms with van der Waals surface area (Å²) in [6.07, 6.45) is 11.3. The molecule has 2 fully saturated rings. The fraction of sp³-hybridized carbons (Fsp3) is 1.00. The summed E-state index contributed by atoms with van der Waals surface area (Å²) in [6.45, 7) is 8.66. The van der Waals surface area contributed by atoms with Gasteiger partial charge in [0.1, 0.15) is 0 Å². The van der Waals surface area contributed by atoms with Crippen LogP contribution in [0.5, 0.6) is 0 Å². The molecule has 3 unspecified atom stereocenters. The Morgan fingerprint density at radius 2 is 1.94 bits per heavy atom. The molecule has 0 aromatic carbocycles. The largest absolute Gasteiger partial charge is 0.314 e. The van der Waals surface area contributed by atoms with Crippen LogP contribution >= 0.6 is 0 Å². The van der Waals surface area contributed by atoms with Crippen LogP contribution in [0.3, 0.4) is 0 Å². The van der Waals surface area contributed by atoms with E-state index in [1.807, 2.05) is 0 Å². The van der Waals surface area contributed by atoms with Crippen molar-refractivity contribution in [1.29, 1.82) is 0 Å². The zero-order chi connectivity index (χ0) is 12.8. The highest BCUT2D eigenvalue weighted by molar-refractivity contribution is 4.77. The van der Waals surface area contributed by atoms with Crippen LogP contribution in [0.1, 0.15) is 65.2 Å². The summed E-state index contributed by atoms with van der Waals surface area (Å²) in [5, 5.41) is 3.78. The fourth-order valence-electron chi connectivity index (χ4n) is 3.70. The normalized spacial score (nSPS) is 34.7. The monoisotopic (exact) mass is 252 g/mol. The Balaban J connectivity index is 1.55. The zero-order valence-corrected chi connectivity index (χ0v) is 12.5. The number of hydrogen-bond donors (Lipinski definition) is 1. The van der Waals surface area contributed by atoms with Gasteiger partial charge in [-0.2, -0.15) is 0 Å². The molecule has 106 valence electrons. The highest BCUT2D eigenvalue weighted by Crippen LogP contribution is 2.23.